The maximum absolute atomic E-state index is 6.20. The molecule has 0 saturated carbocycles. The van der Waals surface area contributed by atoms with E-state index in [1.54, 1.807) is 0 Å². The molecule has 0 bridgehead atoms. The van der Waals surface area contributed by atoms with Crippen LogP contribution in [-0.4, -0.2) is 9.78 Å². The van der Waals surface area contributed by atoms with Crippen molar-refractivity contribution in [3.63, 3.8) is 0 Å². The van der Waals surface area contributed by atoms with E-state index in [2.05, 4.69) is 43.3 Å². The smallest absolute Gasteiger partial charge is 0.0625 e. The Labute approximate surface area is 115 Å². The Morgan fingerprint density at radius 2 is 1.95 bits per heavy atom. The topological polar surface area (TPSA) is 43.8 Å². The van der Waals surface area contributed by atoms with Gasteiger partial charge in [0.05, 0.1) is 5.69 Å². The van der Waals surface area contributed by atoms with Gasteiger partial charge in [-0.05, 0) is 37.8 Å². The lowest BCUT2D eigenvalue weighted by Crippen LogP contribution is -2.11. The molecule has 2 unspecified atom stereocenters. The number of benzene rings is 1. The maximum Gasteiger partial charge on any atom is 0.0625 e. The van der Waals surface area contributed by atoms with Gasteiger partial charge in [0.15, 0.2) is 0 Å². The number of rotatable bonds is 6. The van der Waals surface area contributed by atoms with Gasteiger partial charge in [0.1, 0.15) is 0 Å². The molecule has 3 nitrogen and oxygen atoms in total. The molecule has 2 rings (SSSR count). The van der Waals surface area contributed by atoms with Crippen molar-refractivity contribution in [3.05, 3.63) is 53.9 Å². The van der Waals surface area contributed by atoms with E-state index < -0.39 is 0 Å². The van der Waals surface area contributed by atoms with Crippen LogP contribution in [0.3, 0.4) is 0 Å². The fourth-order valence-corrected chi connectivity index (χ4v) is 2.11. The number of aryl methyl sites for hydroxylation is 1. The van der Waals surface area contributed by atoms with Crippen LogP contribution in [0, 0.1) is 0 Å². The Morgan fingerprint density at radius 3 is 2.63 bits per heavy atom. The lowest BCUT2D eigenvalue weighted by atomic mass is 10.0. The number of aromatic nitrogens is 2. The van der Waals surface area contributed by atoms with Gasteiger partial charge in [0.25, 0.3) is 0 Å². The fraction of sp³-hybridized carbons (Fsp3) is 0.438. The van der Waals surface area contributed by atoms with Crippen LogP contribution in [0.25, 0.3) is 0 Å². The Hall–Kier alpha value is -1.61. The van der Waals surface area contributed by atoms with Crippen molar-refractivity contribution in [2.45, 2.75) is 45.2 Å². The average Bonchev–Trinajstić information content (AvgIpc) is 2.93. The first-order valence-corrected chi connectivity index (χ1v) is 7.05. The first-order valence-electron chi connectivity index (χ1n) is 7.05. The molecule has 0 fully saturated rings. The summed E-state index contributed by atoms with van der Waals surface area (Å²) in [5.41, 5.74) is 8.53. The van der Waals surface area contributed by atoms with Crippen LogP contribution in [0.15, 0.2) is 42.6 Å². The summed E-state index contributed by atoms with van der Waals surface area (Å²) in [4.78, 5) is 0. The number of nitrogens with zero attached hydrogens (tertiary/aromatic N) is 2. The zero-order valence-electron chi connectivity index (χ0n) is 11.8. The largest absolute Gasteiger partial charge is 0.324 e. The first-order chi connectivity index (χ1) is 9.20. The lowest BCUT2D eigenvalue weighted by molar-refractivity contribution is 0.472. The third kappa shape index (κ3) is 3.67. The Balaban J connectivity index is 1.90. The van der Waals surface area contributed by atoms with Gasteiger partial charge < -0.3 is 5.73 Å². The van der Waals surface area contributed by atoms with Gasteiger partial charge in [0.2, 0.25) is 0 Å². The van der Waals surface area contributed by atoms with E-state index in [0.717, 1.165) is 25.0 Å². The molecule has 0 aliphatic carbocycles. The summed E-state index contributed by atoms with van der Waals surface area (Å²) >= 11 is 0. The summed E-state index contributed by atoms with van der Waals surface area (Å²) in [6.07, 6.45) is 5.03. The zero-order chi connectivity index (χ0) is 13.7. The van der Waals surface area contributed by atoms with Crippen molar-refractivity contribution in [1.29, 1.82) is 0 Å². The summed E-state index contributed by atoms with van der Waals surface area (Å²) < 4.78 is 2.05. The average molecular weight is 257 g/mol. The van der Waals surface area contributed by atoms with E-state index in [-0.39, 0.29) is 6.04 Å². The second kappa shape index (κ2) is 6.53. The molecule has 0 saturated heterocycles. The molecule has 19 heavy (non-hydrogen) atoms. The molecule has 0 amide bonds. The molecule has 1 heterocycles. The summed E-state index contributed by atoms with van der Waals surface area (Å²) in [5.74, 6) is 0. The predicted octanol–water partition coefficient (Wildman–Crippen LogP) is 3.49. The van der Waals surface area contributed by atoms with Gasteiger partial charge in [-0.2, -0.15) is 5.10 Å². The van der Waals surface area contributed by atoms with Gasteiger partial charge in [-0.25, -0.2) is 0 Å². The minimum atomic E-state index is 0.0925. The van der Waals surface area contributed by atoms with E-state index in [9.17, 15) is 0 Å². The van der Waals surface area contributed by atoms with E-state index in [1.807, 2.05) is 22.9 Å². The van der Waals surface area contributed by atoms with Crippen LogP contribution >= 0.6 is 0 Å². The van der Waals surface area contributed by atoms with Gasteiger partial charge >= 0.3 is 0 Å². The Bertz CT molecular complexity index is 490. The van der Waals surface area contributed by atoms with Crippen LogP contribution in [0.5, 0.6) is 0 Å². The van der Waals surface area contributed by atoms with Crippen LogP contribution in [0.1, 0.15) is 50.0 Å². The quantitative estimate of drug-likeness (QED) is 0.861. The summed E-state index contributed by atoms with van der Waals surface area (Å²) in [6.45, 7) is 4.36. The van der Waals surface area contributed by atoms with Crippen LogP contribution in [-0.2, 0) is 6.42 Å². The first kappa shape index (κ1) is 13.8. The Morgan fingerprint density at radius 1 is 1.21 bits per heavy atom. The fourth-order valence-electron chi connectivity index (χ4n) is 2.11. The summed E-state index contributed by atoms with van der Waals surface area (Å²) in [6, 6.07) is 12.9. The summed E-state index contributed by atoms with van der Waals surface area (Å²) in [7, 11) is 0. The normalized spacial score (nSPS) is 14.3. The zero-order valence-corrected chi connectivity index (χ0v) is 11.8. The van der Waals surface area contributed by atoms with Crippen LogP contribution < -0.4 is 5.73 Å². The van der Waals surface area contributed by atoms with Gasteiger partial charge in [-0.15, -0.1) is 0 Å². The van der Waals surface area contributed by atoms with Gasteiger partial charge in [-0.3, -0.25) is 4.68 Å². The molecule has 2 atom stereocenters. The van der Waals surface area contributed by atoms with Crippen molar-refractivity contribution in [2.75, 3.05) is 0 Å². The minimum absolute atomic E-state index is 0.0925. The second-order valence-electron chi connectivity index (χ2n) is 5.10. The van der Waals surface area contributed by atoms with Gasteiger partial charge in [-0.1, -0.05) is 37.3 Å². The summed E-state index contributed by atoms with van der Waals surface area (Å²) in [5, 5.41) is 4.61. The van der Waals surface area contributed by atoms with Gasteiger partial charge in [0, 0.05) is 18.3 Å². The predicted molar refractivity (Wildman–Crippen MR) is 78.9 cm³/mol. The molecule has 1 aromatic heterocycles. The molecule has 2 aromatic rings. The molecule has 2 N–H and O–H groups in total. The minimum Gasteiger partial charge on any atom is -0.324 e. The molecule has 0 aliphatic rings. The van der Waals surface area contributed by atoms with Crippen LogP contribution in [0.2, 0.25) is 0 Å². The third-order valence-corrected chi connectivity index (χ3v) is 3.65. The molecule has 3 heteroatoms. The lowest BCUT2D eigenvalue weighted by Gasteiger charge is -2.11. The van der Waals surface area contributed by atoms with Crippen molar-refractivity contribution >= 4 is 0 Å². The molecule has 1 aromatic carbocycles. The highest BCUT2D eigenvalue weighted by molar-refractivity contribution is 5.18. The van der Waals surface area contributed by atoms with Crippen molar-refractivity contribution < 1.29 is 0 Å². The number of hydrogen-bond donors (Lipinski definition) is 1. The number of hydrogen-bond acceptors (Lipinski definition) is 2. The van der Waals surface area contributed by atoms with Crippen LogP contribution in [0.4, 0.5) is 0 Å². The third-order valence-electron chi connectivity index (χ3n) is 3.65. The van der Waals surface area contributed by atoms with Crippen molar-refractivity contribution in [3.8, 4) is 0 Å². The second-order valence-corrected chi connectivity index (χ2v) is 5.10. The molecular weight excluding hydrogens is 234 g/mol. The van der Waals surface area contributed by atoms with Crippen molar-refractivity contribution in [2.24, 2.45) is 5.73 Å². The van der Waals surface area contributed by atoms with E-state index in [1.165, 1.54) is 5.56 Å². The highest BCUT2D eigenvalue weighted by Gasteiger charge is 2.08. The maximum atomic E-state index is 6.20. The molecule has 0 radical (unpaired) electrons. The van der Waals surface area contributed by atoms with E-state index in [0.29, 0.717) is 6.04 Å². The van der Waals surface area contributed by atoms with E-state index in [4.69, 9.17) is 5.73 Å². The highest BCUT2D eigenvalue weighted by atomic mass is 15.3. The van der Waals surface area contributed by atoms with Crippen molar-refractivity contribution in [1.82, 2.24) is 9.78 Å². The number of nitrogens with two attached hydrogens (primary N) is 1. The SMILES string of the molecule is CCC(C)n1ccc(CCC(N)c2ccccc2)n1. The molecule has 0 spiro atoms. The highest BCUT2D eigenvalue weighted by Crippen LogP contribution is 2.16. The standard InChI is InChI=1S/C16H23N3/c1-3-13(2)19-12-11-15(18-19)9-10-16(17)14-7-5-4-6-8-14/h4-8,11-13,16H,3,9-10,17H2,1-2H3. The van der Waals surface area contributed by atoms with E-state index >= 15 is 0 Å². The monoisotopic (exact) mass is 257 g/mol. The Kier molecular flexibility index (Phi) is 4.74. The molecule has 102 valence electrons. The molecule has 0 aliphatic heterocycles. The molecular formula is C16H23N3.